The summed E-state index contributed by atoms with van der Waals surface area (Å²) in [5.74, 6) is 0.123. The van der Waals surface area contributed by atoms with Gasteiger partial charge in [-0.05, 0) is 47.5 Å². The molecule has 1 amide bonds. The molecule has 0 aliphatic carbocycles. The smallest absolute Gasteiger partial charge is 0.224 e. The van der Waals surface area contributed by atoms with E-state index in [9.17, 15) is 19.8 Å². The lowest BCUT2D eigenvalue weighted by molar-refractivity contribution is -0.131. The lowest BCUT2D eigenvalue weighted by Crippen LogP contribution is -2.43. The van der Waals surface area contributed by atoms with Crippen LogP contribution in [0.5, 0.6) is 11.5 Å². The number of nitrogens with zero attached hydrogens (tertiary/aromatic N) is 3. The van der Waals surface area contributed by atoms with Gasteiger partial charge in [0.25, 0.3) is 0 Å². The Bertz CT molecular complexity index is 1090. The Balaban J connectivity index is 1.52. The van der Waals surface area contributed by atoms with Gasteiger partial charge in [0.15, 0.2) is 5.78 Å². The van der Waals surface area contributed by atoms with Crippen LogP contribution in [0, 0.1) is 0 Å². The number of amides is 1. The maximum absolute atomic E-state index is 13.3. The van der Waals surface area contributed by atoms with Gasteiger partial charge in [0, 0.05) is 63.1 Å². The van der Waals surface area contributed by atoms with Crippen molar-refractivity contribution in [3.05, 3.63) is 70.8 Å². The average molecular weight is 476 g/mol. The van der Waals surface area contributed by atoms with Crippen LogP contribution in [0.3, 0.4) is 0 Å². The van der Waals surface area contributed by atoms with Crippen LogP contribution in [0.1, 0.15) is 30.4 Å². The fraction of sp³-hybridized carbons (Fsp3) is 0.296. The van der Waals surface area contributed by atoms with E-state index in [-0.39, 0.29) is 36.3 Å². The third kappa shape index (κ3) is 6.36. The number of benzene rings is 2. The van der Waals surface area contributed by atoms with Gasteiger partial charge in [0.1, 0.15) is 11.5 Å². The summed E-state index contributed by atoms with van der Waals surface area (Å²) in [6, 6.07) is 13.1. The van der Waals surface area contributed by atoms with Gasteiger partial charge in [-0.2, -0.15) is 0 Å². The molecule has 0 radical (unpaired) electrons. The summed E-state index contributed by atoms with van der Waals surface area (Å²) >= 11 is 0. The second-order valence-electron chi connectivity index (χ2n) is 8.86. The maximum atomic E-state index is 13.3. The molecule has 8 heteroatoms. The van der Waals surface area contributed by atoms with Gasteiger partial charge in [-0.3, -0.25) is 9.59 Å². The maximum Gasteiger partial charge on any atom is 0.224 e. The van der Waals surface area contributed by atoms with Crippen molar-refractivity contribution >= 4 is 29.6 Å². The number of carbonyl (C=O) groups is 2. The van der Waals surface area contributed by atoms with Gasteiger partial charge in [-0.25, -0.2) is 0 Å². The van der Waals surface area contributed by atoms with Crippen molar-refractivity contribution in [2.45, 2.75) is 19.3 Å². The van der Waals surface area contributed by atoms with Crippen LogP contribution in [-0.4, -0.2) is 75.3 Å². The number of phenolic OH excluding ortho intramolecular Hbond substituents is 2. The molecule has 2 heterocycles. The third-order valence-corrected chi connectivity index (χ3v) is 6.34. The summed E-state index contributed by atoms with van der Waals surface area (Å²) in [7, 11) is 0. The number of piperidine rings is 2. The molecule has 4 rings (SSSR count). The van der Waals surface area contributed by atoms with Crippen LogP contribution in [-0.2, 0) is 9.59 Å². The van der Waals surface area contributed by atoms with Gasteiger partial charge >= 0.3 is 0 Å². The van der Waals surface area contributed by atoms with Crippen LogP contribution < -0.4 is 0 Å². The van der Waals surface area contributed by atoms with Crippen molar-refractivity contribution < 1.29 is 25.0 Å². The largest absolute Gasteiger partial charge is 0.508 e. The minimum atomic E-state index is -0.123. The Labute approximate surface area is 204 Å². The van der Waals surface area contributed by atoms with E-state index >= 15 is 0 Å². The summed E-state index contributed by atoms with van der Waals surface area (Å²) in [4.78, 5) is 30.3. The molecule has 2 fully saturated rings. The van der Waals surface area contributed by atoms with Crippen molar-refractivity contribution in [1.82, 2.24) is 9.80 Å². The lowest BCUT2D eigenvalue weighted by Gasteiger charge is -2.32. The number of aromatic hydroxyl groups is 2. The summed E-state index contributed by atoms with van der Waals surface area (Å²) in [5, 5.41) is 31.3. The summed E-state index contributed by atoms with van der Waals surface area (Å²) in [6.07, 6.45) is 5.24. The highest BCUT2D eigenvalue weighted by molar-refractivity contribution is 6.15. The Hall–Kier alpha value is -3.91. The molecule has 182 valence electrons. The molecule has 2 aromatic carbocycles. The average Bonchev–Trinajstić information content (AvgIpc) is 2.87. The molecule has 2 saturated heterocycles. The number of Topliss-reactive ketones (excluding diaryl/α,β-unsaturated/α-hetero) is 1. The van der Waals surface area contributed by atoms with Crippen LogP contribution >= 0.6 is 0 Å². The zero-order valence-electron chi connectivity index (χ0n) is 19.4. The van der Waals surface area contributed by atoms with E-state index < -0.39 is 0 Å². The topological polar surface area (TPSA) is 114 Å². The van der Waals surface area contributed by atoms with E-state index in [1.165, 1.54) is 0 Å². The number of rotatable bonds is 5. The van der Waals surface area contributed by atoms with Crippen molar-refractivity contribution in [3.63, 3.8) is 0 Å². The highest BCUT2D eigenvalue weighted by Gasteiger charge is 2.29. The van der Waals surface area contributed by atoms with E-state index in [2.05, 4.69) is 10.1 Å². The van der Waals surface area contributed by atoms with E-state index in [4.69, 9.17) is 5.21 Å². The standard InChI is InChI=1S/C27H29N3O5/c31-24-5-1-19(2-6-24)15-21-17-30(26(33)11-14-29-12-9-23(28-35)10-13-29)18-22(27(21)34)16-20-3-7-25(32)8-4-20/h1-8,15-16,31-32,35H,9-14,17-18H2/b21-15+,22-16+. The fourth-order valence-electron chi connectivity index (χ4n) is 4.31. The van der Waals surface area contributed by atoms with Crippen LogP contribution in [0.2, 0.25) is 0 Å². The highest BCUT2D eigenvalue weighted by atomic mass is 16.4. The minimum absolute atomic E-state index is 0.0349. The second-order valence-corrected chi connectivity index (χ2v) is 8.86. The molecule has 8 nitrogen and oxygen atoms in total. The fourth-order valence-corrected chi connectivity index (χ4v) is 4.31. The number of hydrogen-bond acceptors (Lipinski definition) is 7. The summed E-state index contributed by atoms with van der Waals surface area (Å²) in [6.45, 7) is 2.54. The monoisotopic (exact) mass is 475 g/mol. The number of likely N-dealkylation sites (tertiary alicyclic amines) is 2. The van der Waals surface area contributed by atoms with Crippen molar-refractivity contribution in [2.75, 3.05) is 32.7 Å². The number of phenols is 2. The first kappa shape index (κ1) is 24.2. The number of ketones is 1. The Kier molecular flexibility index (Phi) is 7.62. The van der Waals surface area contributed by atoms with Gasteiger partial charge in [-0.1, -0.05) is 29.4 Å². The predicted octanol–water partition coefficient (Wildman–Crippen LogP) is 3.29. The van der Waals surface area contributed by atoms with E-state index in [0.717, 1.165) is 29.9 Å². The van der Waals surface area contributed by atoms with E-state index in [1.54, 1.807) is 65.6 Å². The Morgan fingerprint density at radius 2 is 1.34 bits per heavy atom. The number of oxime groups is 1. The molecule has 2 aliphatic rings. The zero-order chi connectivity index (χ0) is 24.8. The summed E-state index contributed by atoms with van der Waals surface area (Å²) in [5.41, 5.74) is 3.32. The third-order valence-electron chi connectivity index (χ3n) is 6.34. The Morgan fingerprint density at radius 3 is 1.80 bits per heavy atom. The van der Waals surface area contributed by atoms with Crippen molar-refractivity contribution in [1.29, 1.82) is 0 Å². The molecule has 3 N–H and O–H groups in total. The first-order chi connectivity index (χ1) is 16.9. The number of hydrogen-bond donors (Lipinski definition) is 3. The molecule has 35 heavy (non-hydrogen) atoms. The molecular weight excluding hydrogens is 446 g/mol. The minimum Gasteiger partial charge on any atom is -0.508 e. The van der Waals surface area contributed by atoms with Crippen molar-refractivity contribution in [3.8, 4) is 11.5 Å². The highest BCUT2D eigenvalue weighted by Crippen LogP contribution is 2.24. The van der Waals surface area contributed by atoms with E-state index in [1.807, 2.05) is 0 Å². The normalized spacial score (nSPS) is 19.4. The van der Waals surface area contributed by atoms with Crippen LogP contribution in [0.4, 0.5) is 0 Å². The molecule has 0 spiro atoms. The predicted molar refractivity (Wildman–Crippen MR) is 133 cm³/mol. The van der Waals surface area contributed by atoms with Gasteiger partial charge in [0.2, 0.25) is 5.91 Å². The van der Waals surface area contributed by atoms with Crippen LogP contribution in [0.25, 0.3) is 12.2 Å². The molecule has 0 saturated carbocycles. The number of carbonyl (C=O) groups excluding carboxylic acids is 2. The van der Waals surface area contributed by atoms with Crippen molar-refractivity contribution in [2.24, 2.45) is 5.16 Å². The van der Waals surface area contributed by atoms with Gasteiger partial charge < -0.3 is 25.2 Å². The lowest BCUT2D eigenvalue weighted by atomic mass is 9.94. The van der Waals surface area contributed by atoms with E-state index in [0.29, 0.717) is 37.0 Å². The molecule has 0 bridgehead atoms. The summed E-state index contributed by atoms with van der Waals surface area (Å²) < 4.78 is 0. The van der Waals surface area contributed by atoms with Gasteiger partial charge in [0.05, 0.1) is 5.71 Å². The molecule has 0 unspecified atom stereocenters. The SMILES string of the molecule is O=C1/C(=C/c2ccc(O)cc2)CN(C(=O)CCN2CCC(=NO)CC2)C/C1=C\c1ccc(O)cc1. The van der Waals surface area contributed by atoms with Gasteiger partial charge in [-0.15, -0.1) is 0 Å². The molecule has 0 atom stereocenters. The Morgan fingerprint density at radius 1 is 0.857 bits per heavy atom. The molecular formula is C27H29N3O5. The molecule has 2 aliphatic heterocycles. The zero-order valence-corrected chi connectivity index (χ0v) is 19.4. The quantitative estimate of drug-likeness (QED) is 0.347. The second kappa shape index (κ2) is 11.0. The molecule has 0 aromatic heterocycles. The first-order valence-electron chi connectivity index (χ1n) is 11.6. The van der Waals surface area contributed by atoms with Crippen LogP contribution in [0.15, 0.2) is 64.8 Å². The first-order valence-corrected chi connectivity index (χ1v) is 11.6. The molecule has 2 aromatic rings.